The van der Waals surface area contributed by atoms with E-state index in [1.807, 2.05) is 30.3 Å². The lowest BCUT2D eigenvalue weighted by atomic mass is 9.83. The van der Waals surface area contributed by atoms with E-state index in [9.17, 15) is 4.79 Å². The number of benzene rings is 2. The molecule has 0 saturated heterocycles. The minimum Gasteiger partial charge on any atom is -0.273 e. The van der Waals surface area contributed by atoms with Gasteiger partial charge in [-0.25, -0.2) is 5.43 Å². The van der Waals surface area contributed by atoms with Crippen molar-refractivity contribution < 1.29 is 4.79 Å². The van der Waals surface area contributed by atoms with Crippen LogP contribution >= 0.6 is 0 Å². The Balaban J connectivity index is 1.42. The summed E-state index contributed by atoms with van der Waals surface area (Å²) in [5.74, 6) is 0.621. The molecule has 1 aliphatic carbocycles. The van der Waals surface area contributed by atoms with Crippen LogP contribution in [0.1, 0.15) is 49.1 Å². The number of nitrogens with one attached hydrogen (secondary N) is 1. The maximum absolute atomic E-state index is 11.9. The summed E-state index contributed by atoms with van der Waals surface area (Å²) in [5.41, 5.74) is 6.45. The Morgan fingerprint density at radius 2 is 1.58 bits per heavy atom. The van der Waals surface area contributed by atoms with Crippen molar-refractivity contribution in [2.75, 3.05) is 0 Å². The van der Waals surface area contributed by atoms with E-state index in [-0.39, 0.29) is 5.91 Å². The van der Waals surface area contributed by atoms with Crippen molar-refractivity contribution in [3.8, 4) is 0 Å². The highest BCUT2D eigenvalue weighted by atomic mass is 16.2. The minimum atomic E-state index is -0.00321. The Morgan fingerprint density at radius 3 is 2.25 bits per heavy atom. The Bertz CT molecular complexity index is 669. The van der Waals surface area contributed by atoms with Gasteiger partial charge in [0.05, 0.1) is 0 Å². The number of carbonyl (C=O) groups is 1. The summed E-state index contributed by atoms with van der Waals surface area (Å²) in [4.78, 5) is 11.9. The topological polar surface area (TPSA) is 41.5 Å². The quantitative estimate of drug-likeness (QED) is 0.813. The molecule has 1 saturated carbocycles. The van der Waals surface area contributed by atoms with Gasteiger partial charge in [-0.3, -0.25) is 4.79 Å². The fraction of sp³-hybridized carbons (Fsp3) is 0.333. The zero-order chi connectivity index (χ0) is 16.6. The van der Waals surface area contributed by atoms with Crippen LogP contribution in [0.5, 0.6) is 0 Å². The summed E-state index contributed by atoms with van der Waals surface area (Å²) in [6, 6.07) is 20.8. The van der Waals surface area contributed by atoms with E-state index in [2.05, 4.69) is 40.9 Å². The molecule has 1 aliphatic rings. The van der Waals surface area contributed by atoms with E-state index in [0.717, 1.165) is 37.8 Å². The third-order valence-corrected chi connectivity index (χ3v) is 4.66. The molecule has 3 rings (SSSR count). The first-order valence-electron chi connectivity index (χ1n) is 8.74. The van der Waals surface area contributed by atoms with Gasteiger partial charge in [-0.1, -0.05) is 60.7 Å². The number of hydrazone groups is 1. The third-order valence-electron chi connectivity index (χ3n) is 4.66. The largest absolute Gasteiger partial charge is 0.273 e. The second kappa shape index (κ2) is 8.44. The molecule has 0 heterocycles. The zero-order valence-corrected chi connectivity index (χ0v) is 13.9. The summed E-state index contributed by atoms with van der Waals surface area (Å²) in [6.45, 7) is 0. The van der Waals surface area contributed by atoms with Gasteiger partial charge >= 0.3 is 0 Å². The molecular weight excluding hydrogens is 296 g/mol. The van der Waals surface area contributed by atoms with Crippen LogP contribution in [-0.4, -0.2) is 11.6 Å². The minimum absolute atomic E-state index is 0.00321. The van der Waals surface area contributed by atoms with E-state index in [4.69, 9.17) is 0 Å². The number of carbonyl (C=O) groups excluding carboxylic acids is 1. The number of aryl methyl sites for hydroxylation is 1. The molecule has 1 amide bonds. The van der Waals surface area contributed by atoms with E-state index < -0.39 is 0 Å². The number of hydrogen-bond acceptors (Lipinski definition) is 2. The lowest BCUT2D eigenvalue weighted by Gasteiger charge is -2.23. The van der Waals surface area contributed by atoms with Gasteiger partial charge < -0.3 is 0 Å². The maximum atomic E-state index is 11.9. The normalized spacial score (nSPS) is 17.3. The second-order valence-corrected chi connectivity index (χ2v) is 6.38. The number of rotatable bonds is 5. The molecule has 1 N–H and O–H groups in total. The standard InChI is InChI=1S/C21H24N2O/c24-21(16-11-17-7-3-1-4-8-17)23-22-20-14-12-19(13-15-20)18-9-5-2-6-10-18/h1-10,19H,11-16H2,(H,23,24). The van der Waals surface area contributed by atoms with Crippen LogP contribution in [0.15, 0.2) is 65.8 Å². The van der Waals surface area contributed by atoms with Crippen LogP contribution in [0.4, 0.5) is 0 Å². The van der Waals surface area contributed by atoms with Gasteiger partial charge in [0.15, 0.2) is 0 Å². The van der Waals surface area contributed by atoms with Crippen molar-refractivity contribution in [3.05, 3.63) is 71.8 Å². The second-order valence-electron chi connectivity index (χ2n) is 6.38. The van der Waals surface area contributed by atoms with Crippen molar-refractivity contribution in [2.24, 2.45) is 5.10 Å². The molecule has 0 unspecified atom stereocenters. The molecule has 2 aromatic carbocycles. The summed E-state index contributed by atoms with van der Waals surface area (Å²) in [6.07, 6.45) is 5.41. The fourth-order valence-electron chi connectivity index (χ4n) is 3.22. The lowest BCUT2D eigenvalue weighted by molar-refractivity contribution is -0.121. The molecule has 24 heavy (non-hydrogen) atoms. The van der Waals surface area contributed by atoms with E-state index in [1.165, 1.54) is 11.1 Å². The van der Waals surface area contributed by atoms with E-state index >= 15 is 0 Å². The highest BCUT2D eigenvalue weighted by Gasteiger charge is 2.19. The van der Waals surface area contributed by atoms with Crippen molar-refractivity contribution in [2.45, 2.75) is 44.4 Å². The van der Waals surface area contributed by atoms with Crippen LogP contribution < -0.4 is 5.43 Å². The number of nitrogens with zero attached hydrogens (tertiary/aromatic N) is 1. The summed E-state index contributed by atoms with van der Waals surface area (Å²) in [5, 5.41) is 4.34. The van der Waals surface area contributed by atoms with Crippen molar-refractivity contribution >= 4 is 11.6 Å². The van der Waals surface area contributed by atoms with Gasteiger partial charge in [-0.15, -0.1) is 0 Å². The van der Waals surface area contributed by atoms with Crippen LogP contribution in [0.2, 0.25) is 0 Å². The highest BCUT2D eigenvalue weighted by Crippen LogP contribution is 2.31. The summed E-state index contributed by atoms with van der Waals surface area (Å²) >= 11 is 0. The maximum Gasteiger partial charge on any atom is 0.240 e. The van der Waals surface area contributed by atoms with Crippen molar-refractivity contribution in [1.82, 2.24) is 5.43 Å². The summed E-state index contributed by atoms with van der Waals surface area (Å²) < 4.78 is 0. The SMILES string of the molecule is O=C(CCc1ccccc1)NN=C1CCC(c2ccccc2)CC1. The molecule has 124 valence electrons. The molecule has 0 spiro atoms. The molecule has 0 atom stereocenters. The Hall–Kier alpha value is -2.42. The van der Waals surface area contributed by atoms with Crippen molar-refractivity contribution in [1.29, 1.82) is 0 Å². The summed E-state index contributed by atoms with van der Waals surface area (Å²) in [7, 11) is 0. The first-order valence-corrected chi connectivity index (χ1v) is 8.74. The fourth-order valence-corrected chi connectivity index (χ4v) is 3.22. The van der Waals surface area contributed by atoms with Crippen molar-refractivity contribution in [3.63, 3.8) is 0 Å². The molecule has 0 aliphatic heterocycles. The van der Waals surface area contributed by atoms with Gasteiger partial charge in [0, 0.05) is 12.1 Å². The van der Waals surface area contributed by atoms with Crippen LogP contribution in [0.3, 0.4) is 0 Å². The monoisotopic (exact) mass is 320 g/mol. The predicted octanol–water partition coefficient (Wildman–Crippen LogP) is 4.45. The van der Waals surface area contributed by atoms with Crippen LogP contribution in [0, 0.1) is 0 Å². The van der Waals surface area contributed by atoms with Crippen LogP contribution in [-0.2, 0) is 11.2 Å². The highest BCUT2D eigenvalue weighted by molar-refractivity contribution is 5.87. The average molecular weight is 320 g/mol. The smallest absolute Gasteiger partial charge is 0.240 e. The van der Waals surface area contributed by atoms with Gasteiger partial charge in [-0.05, 0) is 49.1 Å². The van der Waals surface area contributed by atoms with E-state index in [1.54, 1.807) is 0 Å². The molecule has 1 fully saturated rings. The van der Waals surface area contributed by atoms with Gasteiger partial charge in [0.25, 0.3) is 0 Å². The molecule has 3 heteroatoms. The molecule has 2 aromatic rings. The van der Waals surface area contributed by atoms with Gasteiger partial charge in [0.2, 0.25) is 5.91 Å². The molecular formula is C21H24N2O. The van der Waals surface area contributed by atoms with Gasteiger partial charge in [-0.2, -0.15) is 5.10 Å². The van der Waals surface area contributed by atoms with Gasteiger partial charge in [0.1, 0.15) is 0 Å². The zero-order valence-electron chi connectivity index (χ0n) is 13.9. The molecule has 0 radical (unpaired) electrons. The third kappa shape index (κ3) is 4.79. The lowest BCUT2D eigenvalue weighted by Crippen LogP contribution is -2.22. The first-order chi connectivity index (χ1) is 11.8. The molecule has 0 bridgehead atoms. The predicted molar refractivity (Wildman–Crippen MR) is 98.0 cm³/mol. The first kappa shape index (κ1) is 16.4. The Morgan fingerprint density at radius 1 is 0.958 bits per heavy atom. The van der Waals surface area contributed by atoms with Crippen LogP contribution in [0.25, 0.3) is 0 Å². The van der Waals surface area contributed by atoms with E-state index in [0.29, 0.717) is 12.3 Å². The number of amides is 1. The molecule has 3 nitrogen and oxygen atoms in total. The number of hydrogen-bond donors (Lipinski definition) is 1. The Labute approximate surface area is 143 Å². The molecule has 0 aromatic heterocycles. The average Bonchev–Trinajstić information content (AvgIpc) is 2.67. The Kier molecular flexibility index (Phi) is 5.78.